The number of pyridine rings is 1. The maximum Gasteiger partial charge on any atom is 0.196 e. The molecule has 0 N–H and O–H groups in total. The largest absolute Gasteiger partial charge is 0.371 e. The van der Waals surface area contributed by atoms with Crippen LogP contribution in [0.4, 0.5) is 11.5 Å². The van der Waals surface area contributed by atoms with Gasteiger partial charge in [-0.3, -0.25) is 9.59 Å². The van der Waals surface area contributed by atoms with Crippen molar-refractivity contribution in [1.82, 2.24) is 4.98 Å². The molecule has 1 fully saturated rings. The summed E-state index contributed by atoms with van der Waals surface area (Å²) in [5.41, 5.74) is 3.60. The van der Waals surface area contributed by atoms with Gasteiger partial charge in [0.05, 0.1) is 11.1 Å². The van der Waals surface area contributed by atoms with Crippen LogP contribution < -0.4 is 9.80 Å². The van der Waals surface area contributed by atoms with Gasteiger partial charge in [0.1, 0.15) is 5.82 Å². The van der Waals surface area contributed by atoms with Crippen molar-refractivity contribution in [2.24, 2.45) is 0 Å². The molecular formula is C26H27N3O2. The van der Waals surface area contributed by atoms with E-state index in [0.717, 1.165) is 55.9 Å². The Morgan fingerprint density at radius 1 is 0.871 bits per heavy atom. The lowest BCUT2D eigenvalue weighted by Crippen LogP contribution is -2.31. The molecule has 0 bridgehead atoms. The molecule has 1 saturated heterocycles. The monoisotopic (exact) mass is 413 g/mol. The predicted molar refractivity (Wildman–Crippen MR) is 125 cm³/mol. The molecule has 5 nitrogen and oxygen atoms in total. The first-order chi connectivity index (χ1) is 15.1. The van der Waals surface area contributed by atoms with E-state index in [-0.39, 0.29) is 11.6 Å². The Morgan fingerprint density at radius 3 is 2.23 bits per heavy atom. The van der Waals surface area contributed by atoms with E-state index in [2.05, 4.69) is 29.7 Å². The third-order valence-electron chi connectivity index (χ3n) is 6.62. The third kappa shape index (κ3) is 3.11. The van der Waals surface area contributed by atoms with Crippen LogP contribution in [0, 0.1) is 0 Å². The minimum absolute atomic E-state index is 0.0957. The van der Waals surface area contributed by atoms with E-state index in [4.69, 9.17) is 4.98 Å². The fraction of sp³-hybridized carbons (Fsp3) is 0.346. The Labute approximate surface area is 182 Å². The zero-order chi connectivity index (χ0) is 21.5. The molecule has 0 atom stereocenters. The van der Waals surface area contributed by atoms with E-state index >= 15 is 0 Å². The fourth-order valence-corrected chi connectivity index (χ4v) is 4.95. The SMILES string of the molecule is CCN(CC)c1cc(N2CCCCC2)nc2c3c(ccc12)C(=O)c1ccccc1C3=O. The highest BCUT2D eigenvalue weighted by atomic mass is 16.1. The molecule has 1 aromatic heterocycles. The first-order valence-electron chi connectivity index (χ1n) is 11.3. The van der Waals surface area contributed by atoms with Crippen LogP contribution in [0.25, 0.3) is 10.9 Å². The first kappa shape index (κ1) is 19.7. The van der Waals surface area contributed by atoms with Gasteiger partial charge in [0.2, 0.25) is 0 Å². The number of ketones is 2. The molecule has 31 heavy (non-hydrogen) atoms. The second-order valence-corrected chi connectivity index (χ2v) is 8.31. The molecule has 5 rings (SSSR count). The predicted octanol–water partition coefficient (Wildman–Crippen LogP) is 4.85. The number of benzene rings is 2. The van der Waals surface area contributed by atoms with Crippen LogP contribution in [0.1, 0.15) is 65.0 Å². The number of nitrogens with zero attached hydrogens (tertiary/aromatic N) is 3. The maximum absolute atomic E-state index is 13.6. The molecule has 5 heteroatoms. The van der Waals surface area contributed by atoms with Crippen LogP contribution in [-0.2, 0) is 0 Å². The van der Waals surface area contributed by atoms with Gasteiger partial charge < -0.3 is 9.80 Å². The number of anilines is 2. The summed E-state index contributed by atoms with van der Waals surface area (Å²) in [6, 6.07) is 13.0. The zero-order valence-electron chi connectivity index (χ0n) is 18.1. The summed E-state index contributed by atoms with van der Waals surface area (Å²) in [6.45, 7) is 7.95. The van der Waals surface area contributed by atoms with Crippen LogP contribution >= 0.6 is 0 Å². The van der Waals surface area contributed by atoms with Crippen molar-refractivity contribution >= 4 is 34.0 Å². The third-order valence-corrected chi connectivity index (χ3v) is 6.62. The van der Waals surface area contributed by atoms with E-state index in [0.29, 0.717) is 27.8 Å². The van der Waals surface area contributed by atoms with Crippen molar-refractivity contribution in [3.05, 3.63) is 64.7 Å². The minimum atomic E-state index is -0.107. The van der Waals surface area contributed by atoms with E-state index in [1.807, 2.05) is 18.2 Å². The number of fused-ring (bicyclic) bond motifs is 4. The van der Waals surface area contributed by atoms with Crippen molar-refractivity contribution in [1.29, 1.82) is 0 Å². The molecule has 158 valence electrons. The number of hydrogen-bond donors (Lipinski definition) is 0. The Hall–Kier alpha value is -3.21. The molecule has 3 aromatic rings. The molecule has 2 aliphatic rings. The van der Waals surface area contributed by atoms with Crippen LogP contribution in [0.15, 0.2) is 42.5 Å². The van der Waals surface area contributed by atoms with Crippen LogP contribution in [0.2, 0.25) is 0 Å². The number of rotatable bonds is 4. The van der Waals surface area contributed by atoms with Gasteiger partial charge in [-0.1, -0.05) is 24.3 Å². The van der Waals surface area contributed by atoms with E-state index in [1.165, 1.54) is 6.42 Å². The molecule has 0 amide bonds. The number of carbonyl (C=O) groups excluding carboxylic acids is 2. The van der Waals surface area contributed by atoms with Crippen molar-refractivity contribution in [2.75, 3.05) is 36.0 Å². The topological polar surface area (TPSA) is 53.5 Å². The number of hydrogen-bond acceptors (Lipinski definition) is 5. The smallest absolute Gasteiger partial charge is 0.196 e. The molecule has 0 spiro atoms. The average molecular weight is 414 g/mol. The summed E-state index contributed by atoms with van der Waals surface area (Å²) in [6.07, 6.45) is 3.54. The zero-order valence-corrected chi connectivity index (χ0v) is 18.1. The van der Waals surface area contributed by atoms with Gasteiger partial charge in [-0.2, -0.15) is 0 Å². The summed E-state index contributed by atoms with van der Waals surface area (Å²) in [4.78, 5) is 36.4. The van der Waals surface area contributed by atoms with Gasteiger partial charge in [-0.25, -0.2) is 4.98 Å². The number of piperidine rings is 1. The lowest BCUT2D eigenvalue weighted by Gasteiger charge is -2.31. The summed E-state index contributed by atoms with van der Waals surface area (Å²) in [5, 5.41) is 0.934. The minimum Gasteiger partial charge on any atom is -0.371 e. The van der Waals surface area contributed by atoms with Gasteiger partial charge in [0.15, 0.2) is 11.6 Å². The van der Waals surface area contributed by atoms with Crippen LogP contribution in [0.3, 0.4) is 0 Å². The highest BCUT2D eigenvalue weighted by Crippen LogP contribution is 2.37. The van der Waals surface area contributed by atoms with Gasteiger partial charge >= 0.3 is 0 Å². The van der Waals surface area contributed by atoms with Gasteiger partial charge in [-0.15, -0.1) is 0 Å². The quantitative estimate of drug-likeness (QED) is 0.479. The summed E-state index contributed by atoms with van der Waals surface area (Å²) < 4.78 is 0. The Kier molecular flexibility index (Phi) is 4.97. The van der Waals surface area contributed by atoms with Gasteiger partial charge in [0.25, 0.3) is 0 Å². The average Bonchev–Trinajstić information content (AvgIpc) is 2.83. The first-order valence-corrected chi connectivity index (χ1v) is 11.3. The Morgan fingerprint density at radius 2 is 1.55 bits per heavy atom. The van der Waals surface area contributed by atoms with Crippen molar-refractivity contribution < 1.29 is 9.59 Å². The van der Waals surface area contributed by atoms with E-state index in [1.54, 1.807) is 18.2 Å². The summed E-state index contributed by atoms with van der Waals surface area (Å²) in [7, 11) is 0. The van der Waals surface area contributed by atoms with Crippen molar-refractivity contribution in [3.63, 3.8) is 0 Å². The Balaban J connectivity index is 1.79. The molecule has 0 saturated carbocycles. The standard InChI is InChI=1S/C26H27N3O2/c1-3-28(4-2)21-16-22(29-14-8-5-9-15-29)27-24-19(21)12-13-20-23(24)26(31)18-11-7-6-10-17(18)25(20)30/h6-7,10-13,16H,3-5,8-9,14-15H2,1-2H3. The molecule has 1 aliphatic heterocycles. The number of aromatic nitrogens is 1. The normalized spacial score (nSPS) is 15.7. The van der Waals surface area contributed by atoms with Gasteiger partial charge in [0, 0.05) is 60.0 Å². The molecule has 2 aromatic carbocycles. The van der Waals surface area contributed by atoms with Crippen molar-refractivity contribution in [3.8, 4) is 0 Å². The molecule has 1 aliphatic carbocycles. The second kappa shape index (κ2) is 7.80. The van der Waals surface area contributed by atoms with E-state index in [9.17, 15) is 9.59 Å². The summed E-state index contributed by atoms with van der Waals surface area (Å²) in [5.74, 6) is 0.702. The molecule has 0 radical (unpaired) electrons. The van der Waals surface area contributed by atoms with Crippen molar-refractivity contribution in [2.45, 2.75) is 33.1 Å². The number of carbonyl (C=O) groups is 2. The lowest BCUT2D eigenvalue weighted by atomic mass is 9.82. The summed E-state index contributed by atoms with van der Waals surface area (Å²) >= 11 is 0. The fourth-order valence-electron chi connectivity index (χ4n) is 4.95. The van der Waals surface area contributed by atoms with Gasteiger partial charge in [-0.05, 0) is 45.2 Å². The second-order valence-electron chi connectivity index (χ2n) is 8.31. The van der Waals surface area contributed by atoms with Crippen LogP contribution in [-0.4, -0.2) is 42.7 Å². The Bertz CT molecular complexity index is 1190. The lowest BCUT2D eigenvalue weighted by molar-refractivity contribution is 0.0980. The van der Waals surface area contributed by atoms with E-state index < -0.39 is 0 Å². The molecular weight excluding hydrogens is 386 g/mol. The highest BCUT2D eigenvalue weighted by Gasteiger charge is 2.32. The highest BCUT2D eigenvalue weighted by molar-refractivity contribution is 6.32. The van der Waals surface area contributed by atoms with Crippen LogP contribution in [0.5, 0.6) is 0 Å². The maximum atomic E-state index is 13.6. The molecule has 0 unspecified atom stereocenters. The molecule has 2 heterocycles.